The molecule has 0 heterocycles. The van der Waals surface area contributed by atoms with Crippen molar-refractivity contribution in [3.8, 4) is 0 Å². The molecule has 1 rings (SSSR count). The van der Waals surface area contributed by atoms with E-state index in [-0.39, 0.29) is 25.1 Å². The van der Waals surface area contributed by atoms with Crippen LogP contribution >= 0.6 is 12.4 Å². The topological polar surface area (TPSA) is 46.2 Å². The van der Waals surface area contributed by atoms with Gasteiger partial charge in [0, 0.05) is 12.6 Å². The number of aliphatic hydroxyl groups is 1. The second-order valence-corrected chi connectivity index (χ2v) is 2.96. The Labute approximate surface area is 85.2 Å². The van der Waals surface area contributed by atoms with Crippen LogP contribution in [0.25, 0.3) is 0 Å². The average molecular weight is 202 g/mol. The number of hydrogen-bond acceptors (Lipinski definition) is 2. The molecule has 13 heavy (non-hydrogen) atoms. The largest absolute Gasteiger partial charge is 0.396 e. The van der Waals surface area contributed by atoms with Crippen LogP contribution in [0.1, 0.15) is 12.0 Å². The summed E-state index contributed by atoms with van der Waals surface area (Å²) in [6, 6.07) is 10.2. The molecule has 0 saturated heterocycles. The van der Waals surface area contributed by atoms with Gasteiger partial charge in [0.2, 0.25) is 0 Å². The standard InChI is InChI=1S/C10H15NO.ClH/c11-10(6-7-12)8-9-4-2-1-3-5-9;/h1-5,10,12H,6-8,11H2;1H/t10-;/m1./s1. The lowest BCUT2D eigenvalue weighted by molar-refractivity contribution is 0.275. The Hall–Kier alpha value is -0.570. The maximum Gasteiger partial charge on any atom is 0.0445 e. The number of nitrogens with two attached hydrogens (primary N) is 1. The van der Waals surface area contributed by atoms with E-state index >= 15 is 0 Å². The Morgan fingerprint density at radius 3 is 2.38 bits per heavy atom. The van der Waals surface area contributed by atoms with Crippen molar-refractivity contribution in [1.29, 1.82) is 0 Å². The highest BCUT2D eigenvalue weighted by molar-refractivity contribution is 5.85. The van der Waals surface area contributed by atoms with E-state index in [1.54, 1.807) is 0 Å². The van der Waals surface area contributed by atoms with Gasteiger partial charge in [-0.25, -0.2) is 0 Å². The summed E-state index contributed by atoms with van der Waals surface area (Å²) < 4.78 is 0. The van der Waals surface area contributed by atoms with Gasteiger partial charge in [-0.3, -0.25) is 0 Å². The number of halogens is 1. The van der Waals surface area contributed by atoms with E-state index in [9.17, 15) is 0 Å². The molecule has 1 aromatic rings. The van der Waals surface area contributed by atoms with Crippen LogP contribution in [0.4, 0.5) is 0 Å². The highest BCUT2D eigenvalue weighted by atomic mass is 35.5. The maximum absolute atomic E-state index is 8.63. The van der Waals surface area contributed by atoms with Crippen LogP contribution in [0.5, 0.6) is 0 Å². The summed E-state index contributed by atoms with van der Waals surface area (Å²) in [5.74, 6) is 0. The fourth-order valence-corrected chi connectivity index (χ4v) is 1.18. The molecule has 0 fully saturated rings. The molecule has 1 atom stereocenters. The van der Waals surface area contributed by atoms with Gasteiger partial charge in [0.15, 0.2) is 0 Å². The molecule has 2 nitrogen and oxygen atoms in total. The van der Waals surface area contributed by atoms with Crippen LogP contribution in [0.3, 0.4) is 0 Å². The van der Waals surface area contributed by atoms with Gasteiger partial charge in [-0.05, 0) is 18.4 Å². The lowest BCUT2D eigenvalue weighted by Gasteiger charge is -2.08. The van der Waals surface area contributed by atoms with Gasteiger partial charge in [0.25, 0.3) is 0 Å². The highest BCUT2D eigenvalue weighted by Gasteiger charge is 2.01. The van der Waals surface area contributed by atoms with Crippen LogP contribution in [-0.4, -0.2) is 17.8 Å². The number of aliphatic hydroxyl groups excluding tert-OH is 1. The molecule has 0 spiro atoms. The molecule has 0 aromatic heterocycles. The third-order valence-corrected chi connectivity index (χ3v) is 1.84. The molecule has 74 valence electrons. The molecule has 3 heteroatoms. The predicted octanol–water partition coefficient (Wildman–Crippen LogP) is 1.36. The fourth-order valence-electron chi connectivity index (χ4n) is 1.18. The Morgan fingerprint density at radius 1 is 1.23 bits per heavy atom. The van der Waals surface area contributed by atoms with Crippen molar-refractivity contribution < 1.29 is 5.11 Å². The van der Waals surface area contributed by atoms with Gasteiger partial charge < -0.3 is 10.8 Å². The number of rotatable bonds is 4. The lowest BCUT2D eigenvalue weighted by Crippen LogP contribution is -2.23. The van der Waals surface area contributed by atoms with Crippen molar-refractivity contribution in [3.05, 3.63) is 35.9 Å². The second-order valence-electron chi connectivity index (χ2n) is 2.96. The molecule has 0 unspecified atom stereocenters. The van der Waals surface area contributed by atoms with E-state index in [2.05, 4.69) is 12.1 Å². The Balaban J connectivity index is 0.00000144. The first-order valence-electron chi connectivity index (χ1n) is 4.23. The van der Waals surface area contributed by atoms with Crippen LogP contribution < -0.4 is 5.73 Å². The van der Waals surface area contributed by atoms with E-state index in [1.807, 2.05) is 18.2 Å². The number of benzene rings is 1. The molecule has 3 N–H and O–H groups in total. The monoisotopic (exact) mass is 201 g/mol. The van der Waals surface area contributed by atoms with Crippen LogP contribution in [0.15, 0.2) is 30.3 Å². The minimum absolute atomic E-state index is 0. The van der Waals surface area contributed by atoms with Gasteiger partial charge in [-0.1, -0.05) is 30.3 Å². The zero-order valence-electron chi connectivity index (χ0n) is 7.52. The summed E-state index contributed by atoms with van der Waals surface area (Å²) in [6.07, 6.45) is 1.52. The molecular formula is C10H16ClNO. The minimum Gasteiger partial charge on any atom is -0.396 e. The summed E-state index contributed by atoms with van der Waals surface area (Å²) in [7, 11) is 0. The first-order valence-corrected chi connectivity index (χ1v) is 4.23. The average Bonchev–Trinajstić information content (AvgIpc) is 2.06. The van der Waals surface area contributed by atoms with E-state index in [4.69, 9.17) is 10.8 Å². The summed E-state index contributed by atoms with van der Waals surface area (Å²) in [5.41, 5.74) is 6.99. The second kappa shape index (κ2) is 6.89. The number of hydrogen-bond donors (Lipinski definition) is 2. The molecule has 0 saturated carbocycles. The third-order valence-electron chi connectivity index (χ3n) is 1.84. The first kappa shape index (κ1) is 12.4. The first-order chi connectivity index (χ1) is 5.83. The van der Waals surface area contributed by atoms with Crippen LogP contribution in [-0.2, 0) is 6.42 Å². The molecule has 0 aliphatic rings. The summed E-state index contributed by atoms with van der Waals surface area (Å²) >= 11 is 0. The maximum atomic E-state index is 8.63. The smallest absolute Gasteiger partial charge is 0.0445 e. The predicted molar refractivity (Wildman–Crippen MR) is 57.1 cm³/mol. The van der Waals surface area contributed by atoms with Crippen molar-refractivity contribution >= 4 is 12.4 Å². The Morgan fingerprint density at radius 2 is 1.85 bits per heavy atom. The lowest BCUT2D eigenvalue weighted by atomic mass is 10.0. The van der Waals surface area contributed by atoms with Gasteiger partial charge in [-0.15, -0.1) is 12.4 Å². The van der Waals surface area contributed by atoms with Crippen molar-refractivity contribution in [1.82, 2.24) is 0 Å². The van der Waals surface area contributed by atoms with Gasteiger partial charge in [-0.2, -0.15) is 0 Å². The zero-order chi connectivity index (χ0) is 8.81. The molecule has 0 amide bonds. The SMILES string of the molecule is Cl.N[C@H](CCO)Cc1ccccc1. The zero-order valence-corrected chi connectivity index (χ0v) is 8.33. The van der Waals surface area contributed by atoms with Gasteiger partial charge in [0.1, 0.15) is 0 Å². The van der Waals surface area contributed by atoms with Gasteiger partial charge in [0.05, 0.1) is 0 Å². The van der Waals surface area contributed by atoms with Crippen LogP contribution in [0, 0.1) is 0 Å². The van der Waals surface area contributed by atoms with Crippen LogP contribution in [0.2, 0.25) is 0 Å². The van der Waals surface area contributed by atoms with E-state index in [0.29, 0.717) is 6.42 Å². The third kappa shape index (κ3) is 4.88. The molecule has 0 aliphatic heterocycles. The van der Waals surface area contributed by atoms with Crippen molar-refractivity contribution in [2.24, 2.45) is 5.73 Å². The summed E-state index contributed by atoms with van der Waals surface area (Å²) in [5, 5.41) is 8.63. The molecule has 0 aliphatic carbocycles. The van der Waals surface area contributed by atoms with Crippen molar-refractivity contribution in [3.63, 3.8) is 0 Å². The quantitative estimate of drug-likeness (QED) is 0.773. The summed E-state index contributed by atoms with van der Waals surface area (Å²) in [4.78, 5) is 0. The van der Waals surface area contributed by atoms with Gasteiger partial charge >= 0.3 is 0 Å². The highest BCUT2D eigenvalue weighted by Crippen LogP contribution is 2.03. The Kier molecular flexibility index (Phi) is 6.59. The Bertz CT molecular complexity index is 215. The normalized spacial score (nSPS) is 11.8. The summed E-state index contributed by atoms with van der Waals surface area (Å²) in [6.45, 7) is 0.175. The van der Waals surface area contributed by atoms with Crippen molar-refractivity contribution in [2.75, 3.05) is 6.61 Å². The molecular weight excluding hydrogens is 186 g/mol. The molecule has 0 radical (unpaired) electrons. The van der Waals surface area contributed by atoms with E-state index in [1.165, 1.54) is 5.56 Å². The van der Waals surface area contributed by atoms with Crippen molar-refractivity contribution in [2.45, 2.75) is 18.9 Å². The van der Waals surface area contributed by atoms with E-state index < -0.39 is 0 Å². The molecule has 0 bridgehead atoms. The van der Waals surface area contributed by atoms with E-state index in [0.717, 1.165) is 6.42 Å². The molecule has 1 aromatic carbocycles. The minimum atomic E-state index is 0. The fraction of sp³-hybridized carbons (Fsp3) is 0.400.